The highest BCUT2D eigenvalue weighted by Crippen LogP contribution is 2.35. The summed E-state index contributed by atoms with van der Waals surface area (Å²) in [5, 5.41) is 9.20. The maximum atomic E-state index is 14.6. The molecule has 118 valence electrons. The first kappa shape index (κ1) is 15.2. The normalized spacial score (nSPS) is 11.1. The topological polar surface area (TPSA) is 92.0 Å². The number of hydrogen-bond acceptors (Lipinski definition) is 3. The van der Waals surface area contributed by atoms with Crippen molar-refractivity contribution in [2.45, 2.75) is 6.42 Å². The van der Waals surface area contributed by atoms with Crippen molar-refractivity contribution in [3.8, 4) is 11.3 Å². The fourth-order valence-electron chi connectivity index (χ4n) is 2.33. The number of H-pyrrole nitrogens is 1. The molecular formula is C15H10ClF2N3O2. The summed E-state index contributed by atoms with van der Waals surface area (Å²) in [7, 11) is 0. The lowest BCUT2D eigenvalue weighted by atomic mass is 10.1. The number of carboxylic acids is 1. The molecular weight excluding hydrogens is 328 g/mol. The van der Waals surface area contributed by atoms with Gasteiger partial charge in [0, 0.05) is 17.1 Å². The maximum Gasteiger partial charge on any atom is 0.309 e. The van der Waals surface area contributed by atoms with Crippen molar-refractivity contribution in [1.29, 1.82) is 0 Å². The van der Waals surface area contributed by atoms with Crippen molar-refractivity contribution in [2.75, 3.05) is 5.73 Å². The second-order valence-electron chi connectivity index (χ2n) is 4.89. The lowest BCUT2D eigenvalue weighted by Crippen LogP contribution is -2.08. The number of nitrogens with zero attached hydrogens (tertiary/aromatic N) is 1. The number of aliphatic carboxylic acids is 1. The van der Waals surface area contributed by atoms with Crippen molar-refractivity contribution in [3.63, 3.8) is 0 Å². The number of aromatic amines is 1. The molecule has 3 aromatic rings. The van der Waals surface area contributed by atoms with Crippen LogP contribution in [-0.2, 0) is 11.2 Å². The van der Waals surface area contributed by atoms with Crippen molar-refractivity contribution in [2.24, 2.45) is 0 Å². The SMILES string of the molecule is Nc1c(F)c(-c2ccc3cc[nH]c3c2F)nc(CC(=O)O)c1Cl. The number of hydrogen-bond donors (Lipinski definition) is 3. The van der Waals surface area contributed by atoms with Gasteiger partial charge in [-0.2, -0.15) is 0 Å². The summed E-state index contributed by atoms with van der Waals surface area (Å²) in [6, 6.07) is 4.61. The van der Waals surface area contributed by atoms with E-state index in [9.17, 15) is 13.6 Å². The molecule has 2 heterocycles. The van der Waals surface area contributed by atoms with Gasteiger partial charge in [-0.3, -0.25) is 4.79 Å². The number of halogens is 3. The van der Waals surface area contributed by atoms with E-state index >= 15 is 0 Å². The fourth-order valence-corrected chi connectivity index (χ4v) is 2.52. The van der Waals surface area contributed by atoms with Gasteiger partial charge >= 0.3 is 5.97 Å². The Morgan fingerprint density at radius 1 is 1.30 bits per heavy atom. The number of carbonyl (C=O) groups is 1. The van der Waals surface area contributed by atoms with Gasteiger partial charge in [0.05, 0.1) is 28.3 Å². The zero-order valence-electron chi connectivity index (χ0n) is 11.5. The molecule has 23 heavy (non-hydrogen) atoms. The van der Waals surface area contributed by atoms with Crippen molar-refractivity contribution in [1.82, 2.24) is 9.97 Å². The van der Waals surface area contributed by atoms with Crippen LogP contribution in [0.15, 0.2) is 24.4 Å². The van der Waals surface area contributed by atoms with Gasteiger partial charge in [-0.25, -0.2) is 13.8 Å². The van der Waals surface area contributed by atoms with E-state index in [0.717, 1.165) is 0 Å². The van der Waals surface area contributed by atoms with E-state index in [1.54, 1.807) is 18.3 Å². The van der Waals surface area contributed by atoms with Gasteiger partial charge in [0.15, 0.2) is 11.6 Å². The number of fused-ring (bicyclic) bond motifs is 1. The van der Waals surface area contributed by atoms with Crippen molar-refractivity contribution >= 4 is 34.2 Å². The molecule has 0 radical (unpaired) electrons. The summed E-state index contributed by atoms with van der Waals surface area (Å²) < 4.78 is 28.9. The van der Waals surface area contributed by atoms with Crippen LogP contribution in [0.25, 0.3) is 22.2 Å². The fraction of sp³-hybridized carbons (Fsp3) is 0.0667. The van der Waals surface area contributed by atoms with Gasteiger partial charge in [-0.05, 0) is 12.1 Å². The molecule has 0 fully saturated rings. The Morgan fingerprint density at radius 3 is 2.74 bits per heavy atom. The number of aromatic nitrogens is 2. The Balaban J connectivity index is 2.27. The van der Waals surface area contributed by atoms with Crippen LogP contribution in [0, 0.1) is 11.6 Å². The quantitative estimate of drug-likeness (QED) is 0.683. The van der Waals surface area contributed by atoms with E-state index in [1.165, 1.54) is 6.07 Å². The molecule has 5 nitrogen and oxygen atoms in total. The van der Waals surface area contributed by atoms with Crippen LogP contribution in [0.3, 0.4) is 0 Å². The summed E-state index contributed by atoms with van der Waals surface area (Å²) in [5.74, 6) is -2.91. The largest absolute Gasteiger partial charge is 0.481 e. The van der Waals surface area contributed by atoms with E-state index in [2.05, 4.69) is 9.97 Å². The summed E-state index contributed by atoms with van der Waals surface area (Å²) in [6.07, 6.45) is 0.996. The zero-order chi connectivity index (χ0) is 16.7. The summed E-state index contributed by atoms with van der Waals surface area (Å²) in [6.45, 7) is 0. The number of pyridine rings is 1. The highest BCUT2D eigenvalue weighted by molar-refractivity contribution is 6.34. The molecule has 4 N–H and O–H groups in total. The molecule has 8 heteroatoms. The molecule has 0 spiro atoms. The summed E-state index contributed by atoms with van der Waals surface area (Å²) in [5.41, 5.74) is 4.67. The predicted molar refractivity (Wildman–Crippen MR) is 82.2 cm³/mol. The Kier molecular flexibility index (Phi) is 3.65. The number of nitrogens with two attached hydrogens (primary N) is 1. The van der Waals surface area contributed by atoms with Crippen LogP contribution in [0.2, 0.25) is 5.02 Å². The Morgan fingerprint density at radius 2 is 2.04 bits per heavy atom. The van der Waals surface area contributed by atoms with E-state index < -0.39 is 29.7 Å². The zero-order valence-corrected chi connectivity index (χ0v) is 12.3. The van der Waals surface area contributed by atoms with Crippen LogP contribution in [0.4, 0.5) is 14.5 Å². The minimum Gasteiger partial charge on any atom is -0.481 e. The van der Waals surface area contributed by atoms with Crippen LogP contribution < -0.4 is 5.73 Å². The lowest BCUT2D eigenvalue weighted by Gasteiger charge is -2.11. The third-order valence-electron chi connectivity index (χ3n) is 3.42. The molecule has 0 amide bonds. The molecule has 0 aliphatic rings. The summed E-state index contributed by atoms with van der Waals surface area (Å²) >= 11 is 5.83. The maximum absolute atomic E-state index is 14.6. The second kappa shape index (κ2) is 5.51. The molecule has 0 aliphatic carbocycles. The Bertz CT molecular complexity index is 940. The molecule has 0 aliphatic heterocycles. The molecule has 0 saturated heterocycles. The van der Waals surface area contributed by atoms with Gasteiger partial charge in [0.25, 0.3) is 0 Å². The molecule has 0 unspecified atom stereocenters. The van der Waals surface area contributed by atoms with Crippen LogP contribution in [0.5, 0.6) is 0 Å². The second-order valence-corrected chi connectivity index (χ2v) is 5.27. The average molecular weight is 338 g/mol. The molecule has 3 rings (SSSR count). The first-order valence-electron chi connectivity index (χ1n) is 6.51. The number of anilines is 1. The number of carboxylic acid groups (broad SMARTS) is 1. The molecule has 0 bridgehead atoms. The summed E-state index contributed by atoms with van der Waals surface area (Å²) in [4.78, 5) is 17.4. The first-order chi connectivity index (χ1) is 10.9. The molecule has 0 atom stereocenters. The third-order valence-corrected chi connectivity index (χ3v) is 3.84. The molecule has 1 aromatic carbocycles. The molecule has 0 saturated carbocycles. The van der Waals surface area contributed by atoms with E-state index in [-0.39, 0.29) is 27.5 Å². The van der Waals surface area contributed by atoms with Gasteiger partial charge in [-0.1, -0.05) is 17.7 Å². The number of rotatable bonds is 3. The minimum absolute atomic E-state index is 0.126. The number of nitrogen functional groups attached to an aromatic ring is 1. The Labute approximate surface area is 133 Å². The Hall–Kier alpha value is -2.67. The monoisotopic (exact) mass is 337 g/mol. The van der Waals surface area contributed by atoms with Gasteiger partial charge < -0.3 is 15.8 Å². The van der Waals surface area contributed by atoms with E-state index in [1.807, 2.05) is 0 Å². The third kappa shape index (κ3) is 2.49. The van der Waals surface area contributed by atoms with Crippen molar-refractivity contribution < 1.29 is 18.7 Å². The van der Waals surface area contributed by atoms with Crippen LogP contribution in [0.1, 0.15) is 5.69 Å². The predicted octanol–water partition coefficient (Wildman–Crippen LogP) is 3.37. The highest BCUT2D eigenvalue weighted by atomic mass is 35.5. The highest BCUT2D eigenvalue weighted by Gasteiger charge is 2.22. The average Bonchev–Trinajstić information content (AvgIpc) is 2.98. The van der Waals surface area contributed by atoms with Crippen LogP contribution in [-0.4, -0.2) is 21.0 Å². The van der Waals surface area contributed by atoms with E-state index in [4.69, 9.17) is 22.4 Å². The van der Waals surface area contributed by atoms with Crippen molar-refractivity contribution in [3.05, 3.63) is 46.7 Å². The lowest BCUT2D eigenvalue weighted by molar-refractivity contribution is -0.136. The smallest absolute Gasteiger partial charge is 0.309 e. The van der Waals surface area contributed by atoms with Gasteiger partial charge in [-0.15, -0.1) is 0 Å². The van der Waals surface area contributed by atoms with Gasteiger partial charge in [0.2, 0.25) is 0 Å². The minimum atomic E-state index is -1.21. The number of benzene rings is 1. The van der Waals surface area contributed by atoms with Gasteiger partial charge in [0.1, 0.15) is 5.69 Å². The number of nitrogens with one attached hydrogen (secondary N) is 1. The van der Waals surface area contributed by atoms with E-state index in [0.29, 0.717) is 5.39 Å². The van der Waals surface area contributed by atoms with Crippen LogP contribution >= 0.6 is 11.6 Å². The standard InChI is InChI=1S/C15H10ClF2N3O2/c16-10-8(5-9(22)23)21-15(12(18)13(10)19)7-2-1-6-3-4-20-14(6)11(7)17/h1-4,20H,5H2,(H2,19,21)(H,22,23). The molecule has 2 aromatic heterocycles. The first-order valence-corrected chi connectivity index (χ1v) is 6.89.